The molecule has 2 aliphatic rings. The third kappa shape index (κ3) is 5.18. The van der Waals surface area contributed by atoms with Gasteiger partial charge in [0.2, 0.25) is 0 Å². The summed E-state index contributed by atoms with van der Waals surface area (Å²) < 4.78 is 17.4. The van der Waals surface area contributed by atoms with Gasteiger partial charge in [-0.25, -0.2) is 0 Å². The summed E-state index contributed by atoms with van der Waals surface area (Å²) in [7, 11) is 0. The Morgan fingerprint density at radius 3 is 2.47 bits per heavy atom. The first-order valence-corrected chi connectivity index (χ1v) is 11.9. The number of fused-ring (bicyclic) bond motifs is 1. The lowest BCUT2D eigenvalue weighted by molar-refractivity contribution is -0.227. The molecule has 0 bridgehead atoms. The molecule has 2 heterocycles. The van der Waals surface area contributed by atoms with Crippen LogP contribution in [0.1, 0.15) is 41.2 Å². The zero-order valence-electron chi connectivity index (χ0n) is 18.8. The van der Waals surface area contributed by atoms with Crippen molar-refractivity contribution >= 4 is 11.6 Å². The number of hydrogen-bond acceptors (Lipinski definition) is 8. The van der Waals surface area contributed by atoms with Crippen LogP contribution in [0.25, 0.3) is 0 Å². The molecular weight excluding hydrogens is 464 g/mol. The highest BCUT2D eigenvalue weighted by Gasteiger charge is 2.45. The molecule has 0 unspecified atom stereocenters. The van der Waals surface area contributed by atoms with E-state index in [1.165, 1.54) is 0 Å². The second kappa shape index (κ2) is 11.2. The maximum atomic E-state index is 10.7. The molecule has 5 atom stereocenters. The number of halogens is 1. The van der Waals surface area contributed by atoms with Crippen LogP contribution in [0, 0.1) is 0 Å². The summed E-state index contributed by atoms with van der Waals surface area (Å²) >= 11 is 6.70. The van der Waals surface area contributed by atoms with Gasteiger partial charge in [-0.2, -0.15) is 0 Å². The lowest BCUT2D eigenvalue weighted by atomic mass is 9.86. The Kier molecular flexibility index (Phi) is 8.31. The van der Waals surface area contributed by atoms with E-state index in [9.17, 15) is 20.4 Å². The molecule has 2 aliphatic heterocycles. The quantitative estimate of drug-likeness (QED) is 0.332. The first kappa shape index (κ1) is 25.2. The van der Waals surface area contributed by atoms with Crippen molar-refractivity contribution < 1.29 is 39.7 Å². The molecule has 2 aromatic carbocycles. The van der Waals surface area contributed by atoms with Crippen LogP contribution in [0.5, 0.6) is 11.5 Å². The van der Waals surface area contributed by atoms with Gasteiger partial charge < -0.3 is 39.7 Å². The van der Waals surface area contributed by atoms with E-state index >= 15 is 0 Å². The van der Waals surface area contributed by atoms with Crippen LogP contribution < -0.4 is 9.47 Å². The lowest BCUT2D eigenvalue weighted by Crippen LogP contribution is -2.54. The van der Waals surface area contributed by atoms with Gasteiger partial charge in [0.1, 0.15) is 35.9 Å². The Bertz CT molecular complexity index is 966. The Balaban J connectivity index is 1.62. The molecule has 0 radical (unpaired) electrons. The monoisotopic (exact) mass is 494 g/mol. The van der Waals surface area contributed by atoms with Crippen molar-refractivity contribution in [2.24, 2.45) is 0 Å². The molecule has 0 amide bonds. The smallest absolute Gasteiger partial charge is 0.141 e. The summed E-state index contributed by atoms with van der Waals surface area (Å²) in [6, 6.07) is 9.45. The summed E-state index contributed by atoms with van der Waals surface area (Å²) in [6.45, 7) is 0.744. The van der Waals surface area contributed by atoms with Crippen LogP contribution in [0.3, 0.4) is 0 Å². The Morgan fingerprint density at radius 2 is 1.76 bits per heavy atom. The summed E-state index contributed by atoms with van der Waals surface area (Å²) in [6.07, 6.45) is -4.00. The third-order valence-corrected chi connectivity index (χ3v) is 6.77. The molecule has 1 fully saturated rings. The summed E-state index contributed by atoms with van der Waals surface area (Å²) in [4.78, 5) is 0. The first-order valence-electron chi connectivity index (χ1n) is 11.5. The first-order chi connectivity index (χ1) is 16.4. The zero-order chi connectivity index (χ0) is 24.2. The van der Waals surface area contributed by atoms with Gasteiger partial charge in [-0.15, -0.1) is 0 Å². The van der Waals surface area contributed by atoms with Gasteiger partial charge in [-0.3, -0.25) is 0 Å². The van der Waals surface area contributed by atoms with Crippen molar-refractivity contribution in [2.45, 2.75) is 56.2 Å². The molecule has 0 saturated carbocycles. The summed E-state index contributed by atoms with van der Waals surface area (Å²) in [5.41, 5.74) is 3.24. The van der Waals surface area contributed by atoms with Crippen molar-refractivity contribution in [3.63, 3.8) is 0 Å². The Hall–Kier alpha value is -1.91. The maximum absolute atomic E-state index is 10.7. The van der Waals surface area contributed by atoms with Crippen LogP contribution in [-0.4, -0.2) is 76.4 Å². The van der Waals surface area contributed by atoms with Gasteiger partial charge in [-0.05, 0) is 41.7 Å². The van der Waals surface area contributed by atoms with E-state index in [1.807, 2.05) is 30.3 Å². The number of rotatable bonds is 9. The highest BCUT2D eigenvalue weighted by Crippen LogP contribution is 2.45. The Labute approximate surface area is 203 Å². The Morgan fingerprint density at radius 1 is 1.00 bits per heavy atom. The largest absolute Gasteiger partial charge is 0.494 e. The fraction of sp³-hybridized carbons (Fsp3) is 0.520. The SMILES string of the molecule is OCCCOc1ccc(Cc2cc([C@@H]3O[C@H](CCO)[C@@H](O)[C@@H](O)[C@H]3O)c3c(c2Cl)OCC3)cc1. The minimum absolute atomic E-state index is 0.0788. The van der Waals surface area contributed by atoms with E-state index < -0.39 is 30.5 Å². The minimum Gasteiger partial charge on any atom is -0.494 e. The molecular formula is C25H31ClO8. The molecule has 4 rings (SSSR count). The molecule has 9 heteroatoms. The summed E-state index contributed by atoms with van der Waals surface area (Å²) in [5.74, 6) is 1.26. The second-order valence-electron chi connectivity index (χ2n) is 8.67. The van der Waals surface area contributed by atoms with Crippen LogP contribution >= 0.6 is 11.6 Å². The number of ether oxygens (including phenoxy) is 3. The number of benzene rings is 2. The molecule has 186 valence electrons. The zero-order valence-corrected chi connectivity index (χ0v) is 19.5. The predicted molar refractivity (Wildman–Crippen MR) is 124 cm³/mol. The molecule has 34 heavy (non-hydrogen) atoms. The van der Waals surface area contributed by atoms with E-state index in [0.29, 0.717) is 54.6 Å². The van der Waals surface area contributed by atoms with Crippen LogP contribution in [0.2, 0.25) is 5.02 Å². The predicted octanol–water partition coefficient (Wildman–Crippen LogP) is 1.53. The van der Waals surface area contributed by atoms with Gasteiger partial charge >= 0.3 is 0 Å². The van der Waals surface area contributed by atoms with Gasteiger partial charge in [-0.1, -0.05) is 29.8 Å². The van der Waals surface area contributed by atoms with Crippen molar-refractivity contribution in [1.29, 1.82) is 0 Å². The van der Waals surface area contributed by atoms with Gasteiger partial charge in [0.25, 0.3) is 0 Å². The van der Waals surface area contributed by atoms with Crippen LogP contribution in [0.15, 0.2) is 30.3 Å². The van der Waals surface area contributed by atoms with Crippen LogP contribution in [0.4, 0.5) is 0 Å². The molecule has 5 N–H and O–H groups in total. The standard InChI is InChI=1S/C25H31ClO8/c26-20-15(12-14-2-4-16(5-3-14)32-10-1-8-27)13-18(17-7-11-33-24(17)20)25-23(31)22(30)21(29)19(34-25)6-9-28/h2-5,13,19,21-23,25,27-31H,1,6-12H2/t19-,21-,22-,23-,25+/m1/s1. The highest BCUT2D eigenvalue weighted by atomic mass is 35.5. The van der Waals surface area contributed by atoms with Crippen molar-refractivity contribution in [1.82, 2.24) is 0 Å². The van der Waals surface area contributed by atoms with Crippen LogP contribution in [-0.2, 0) is 17.6 Å². The van der Waals surface area contributed by atoms with Crippen molar-refractivity contribution in [3.8, 4) is 11.5 Å². The van der Waals surface area contributed by atoms with E-state index in [2.05, 4.69) is 0 Å². The van der Waals surface area contributed by atoms with Crippen molar-refractivity contribution in [3.05, 3.63) is 57.6 Å². The average molecular weight is 495 g/mol. The minimum atomic E-state index is -1.41. The average Bonchev–Trinajstić information content (AvgIpc) is 3.33. The normalized spacial score (nSPS) is 26.2. The molecule has 0 aliphatic carbocycles. The van der Waals surface area contributed by atoms with E-state index in [0.717, 1.165) is 16.7 Å². The van der Waals surface area contributed by atoms with E-state index in [1.54, 1.807) is 0 Å². The number of aliphatic hydroxyl groups excluding tert-OH is 5. The fourth-order valence-corrected chi connectivity index (χ4v) is 4.84. The highest BCUT2D eigenvalue weighted by molar-refractivity contribution is 6.33. The molecule has 0 aromatic heterocycles. The van der Waals surface area contributed by atoms with E-state index in [4.69, 9.17) is 30.9 Å². The molecule has 8 nitrogen and oxygen atoms in total. The van der Waals surface area contributed by atoms with Gasteiger partial charge in [0, 0.05) is 31.6 Å². The van der Waals surface area contributed by atoms with E-state index in [-0.39, 0.29) is 19.6 Å². The van der Waals surface area contributed by atoms with Gasteiger partial charge in [0.05, 0.1) is 24.3 Å². The van der Waals surface area contributed by atoms with Gasteiger partial charge in [0.15, 0.2) is 0 Å². The third-order valence-electron chi connectivity index (χ3n) is 6.35. The fourth-order valence-electron chi connectivity index (χ4n) is 4.55. The summed E-state index contributed by atoms with van der Waals surface area (Å²) in [5, 5.41) is 50.2. The lowest BCUT2D eigenvalue weighted by Gasteiger charge is -2.41. The molecule has 0 spiro atoms. The maximum Gasteiger partial charge on any atom is 0.141 e. The number of hydrogen-bond donors (Lipinski definition) is 5. The molecule has 1 saturated heterocycles. The number of aliphatic hydroxyl groups is 5. The topological polar surface area (TPSA) is 129 Å². The second-order valence-corrected chi connectivity index (χ2v) is 9.05. The van der Waals surface area contributed by atoms with Crippen molar-refractivity contribution in [2.75, 3.05) is 26.4 Å². The molecule has 2 aromatic rings.